The van der Waals surface area contributed by atoms with Crippen molar-refractivity contribution < 1.29 is 24.5 Å². The van der Waals surface area contributed by atoms with E-state index < -0.39 is 18.2 Å². The Balaban J connectivity index is 4.56. The van der Waals surface area contributed by atoms with E-state index in [1.165, 1.54) is 154 Å². The topological polar surface area (TPSA) is 95.9 Å². The first-order valence-electron chi connectivity index (χ1n) is 25.2. The van der Waals surface area contributed by atoms with Gasteiger partial charge in [0.2, 0.25) is 5.91 Å². The molecule has 0 aromatic rings. The molecule has 0 saturated carbocycles. The molecule has 0 aromatic heterocycles. The van der Waals surface area contributed by atoms with Gasteiger partial charge in [-0.1, -0.05) is 237 Å². The lowest BCUT2D eigenvalue weighted by atomic mass is 10.0. The Kier molecular flexibility index (Phi) is 44.6. The highest BCUT2D eigenvalue weighted by molar-refractivity contribution is 5.77. The van der Waals surface area contributed by atoms with Crippen LogP contribution in [0.5, 0.6) is 0 Å². The fourth-order valence-electron chi connectivity index (χ4n) is 7.73. The van der Waals surface area contributed by atoms with Crippen molar-refractivity contribution in [2.45, 2.75) is 277 Å². The third kappa shape index (κ3) is 40.8. The summed E-state index contributed by atoms with van der Waals surface area (Å²) >= 11 is 0. The van der Waals surface area contributed by atoms with Gasteiger partial charge in [-0.25, -0.2) is 0 Å². The normalized spacial score (nSPS) is 13.5. The number of aliphatic hydroxyl groups is 2. The van der Waals surface area contributed by atoms with Crippen LogP contribution in [0.2, 0.25) is 0 Å². The number of rotatable bonds is 45. The van der Waals surface area contributed by atoms with E-state index in [4.69, 9.17) is 4.74 Å². The maximum Gasteiger partial charge on any atom is 0.306 e. The van der Waals surface area contributed by atoms with Crippen LogP contribution in [0, 0.1) is 0 Å². The van der Waals surface area contributed by atoms with Crippen molar-refractivity contribution in [1.82, 2.24) is 5.32 Å². The molecule has 6 heteroatoms. The fourth-order valence-corrected chi connectivity index (χ4v) is 7.73. The summed E-state index contributed by atoms with van der Waals surface area (Å²) in [5.74, 6) is -0.478. The Hall–Kier alpha value is -1.92. The Morgan fingerprint density at radius 1 is 0.517 bits per heavy atom. The Bertz CT molecular complexity index is 961. The summed E-state index contributed by atoms with van der Waals surface area (Å²) in [6.07, 6.45) is 53.4. The van der Waals surface area contributed by atoms with Crippen LogP contribution in [0.1, 0.15) is 258 Å². The minimum atomic E-state index is -0.786. The van der Waals surface area contributed by atoms with Crippen LogP contribution >= 0.6 is 0 Å². The molecule has 340 valence electrons. The molecule has 0 radical (unpaired) electrons. The first kappa shape index (κ1) is 56.1. The summed E-state index contributed by atoms with van der Waals surface area (Å²) in [5, 5.41) is 23.7. The second-order valence-electron chi connectivity index (χ2n) is 17.3. The van der Waals surface area contributed by atoms with Gasteiger partial charge in [-0.05, 0) is 44.9 Å². The number of aliphatic hydroxyl groups excluding tert-OH is 2. The quantitative estimate of drug-likeness (QED) is 0.0323. The Morgan fingerprint density at radius 3 is 1.40 bits per heavy atom. The molecule has 0 rings (SSSR count). The lowest BCUT2D eigenvalue weighted by molar-refractivity contribution is -0.151. The summed E-state index contributed by atoms with van der Waals surface area (Å²) in [6, 6.07) is -0.699. The van der Waals surface area contributed by atoms with Gasteiger partial charge in [-0.15, -0.1) is 0 Å². The van der Waals surface area contributed by atoms with Crippen LogP contribution in [0.25, 0.3) is 0 Å². The lowest BCUT2D eigenvalue weighted by Gasteiger charge is -2.24. The Labute approximate surface area is 360 Å². The number of esters is 1. The van der Waals surface area contributed by atoms with E-state index in [1.54, 1.807) is 0 Å². The molecule has 0 heterocycles. The largest absolute Gasteiger partial charge is 0.462 e. The van der Waals surface area contributed by atoms with E-state index in [9.17, 15) is 19.8 Å². The fraction of sp³-hybridized carbons (Fsp3) is 0.846. The van der Waals surface area contributed by atoms with Crippen LogP contribution in [0.15, 0.2) is 36.5 Å². The maximum atomic E-state index is 13.2. The summed E-state index contributed by atoms with van der Waals surface area (Å²) in [4.78, 5) is 26.1. The number of ether oxygens (including phenoxy) is 1. The monoisotopic (exact) mass is 816 g/mol. The van der Waals surface area contributed by atoms with Gasteiger partial charge in [0.25, 0.3) is 0 Å². The number of unbranched alkanes of at least 4 members (excludes halogenated alkanes) is 29. The average molecular weight is 816 g/mol. The molecule has 0 fully saturated rings. The second-order valence-corrected chi connectivity index (χ2v) is 17.3. The zero-order valence-electron chi connectivity index (χ0n) is 38.7. The van der Waals surface area contributed by atoms with Gasteiger partial charge < -0.3 is 20.3 Å². The van der Waals surface area contributed by atoms with E-state index in [0.717, 1.165) is 57.8 Å². The van der Waals surface area contributed by atoms with Gasteiger partial charge in [0.1, 0.15) is 6.10 Å². The number of amides is 1. The molecule has 3 N–H and O–H groups in total. The number of hydrogen-bond acceptors (Lipinski definition) is 5. The third-order valence-corrected chi connectivity index (χ3v) is 11.5. The molecule has 6 nitrogen and oxygen atoms in total. The first-order valence-corrected chi connectivity index (χ1v) is 25.2. The van der Waals surface area contributed by atoms with Gasteiger partial charge in [-0.3, -0.25) is 9.59 Å². The highest BCUT2D eigenvalue weighted by Crippen LogP contribution is 2.18. The number of allylic oxidation sites excluding steroid dienone is 6. The SMILES string of the molecule is CC/C=C/C=C/C=C/CCCCCCCCCC(=O)OC(CCCCCCCCCCCCCC)CC(=O)NC(CO)C(O)CCCCCCCCCCCCCC. The molecule has 3 atom stereocenters. The number of nitrogens with one attached hydrogen (secondary N) is 1. The number of carbonyl (C=O) groups is 2. The molecule has 0 saturated heterocycles. The predicted octanol–water partition coefficient (Wildman–Crippen LogP) is 14.9. The van der Waals surface area contributed by atoms with Crippen LogP contribution in [0.3, 0.4) is 0 Å². The standard InChI is InChI=1S/C52H97NO5/c1-4-7-10-13-16-19-22-25-26-27-30-33-36-39-42-45-52(57)58-48(43-40-37-34-31-28-23-20-17-14-11-8-5-2)46-51(56)53-49(47-54)50(55)44-41-38-35-32-29-24-21-18-15-12-9-6-3/h7,10,13,16,19,22,48-50,54-55H,4-6,8-9,11-12,14-15,17-18,20-21,23-47H2,1-3H3,(H,53,56)/b10-7+,16-13+,22-19+. The molecular formula is C52H97NO5. The molecule has 1 amide bonds. The molecule has 0 aromatic carbocycles. The van der Waals surface area contributed by atoms with Crippen LogP contribution in [0.4, 0.5) is 0 Å². The number of carbonyl (C=O) groups excluding carboxylic acids is 2. The van der Waals surface area contributed by atoms with Crippen LogP contribution in [-0.2, 0) is 14.3 Å². The minimum Gasteiger partial charge on any atom is -0.462 e. The van der Waals surface area contributed by atoms with Crippen molar-refractivity contribution in [2.75, 3.05) is 6.61 Å². The highest BCUT2D eigenvalue weighted by Gasteiger charge is 2.24. The van der Waals surface area contributed by atoms with Crippen molar-refractivity contribution >= 4 is 11.9 Å². The summed E-state index contributed by atoms with van der Waals surface area (Å²) < 4.78 is 5.92. The van der Waals surface area contributed by atoms with Crippen molar-refractivity contribution in [3.05, 3.63) is 36.5 Å². The van der Waals surface area contributed by atoms with E-state index in [1.807, 2.05) is 0 Å². The van der Waals surface area contributed by atoms with Crippen molar-refractivity contribution in [3.8, 4) is 0 Å². The van der Waals surface area contributed by atoms with Crippen LogP contribution < -0.4 is 5.32 Å². The number of hydrogen-bond donors (Lipinski definition) is 3. The first-order chi connectivity index (χ1) is 28.5. The zero-order valence-corrected chi connectivity index (χ0v) is 38.7. The third-order valence-electron chi connectivity index (χ3n) is 11.5. The minimum absolute atomic E-state index is 0.0764. The van der Waals surface area contributed by atoms with E-state index in [0.29, 0.717) is 19.3 Å². The van der Waals surface area contributed by atoms with E-state index in [-0.39, 0.29) is 24.9 Å². The zero-order chi connectivity index (χ0) is 42.4. The highest BCUT2D eigenvalue weighted by atomic mass is 16.5. The summed E-state index contributed by atoms with van der Waals surface area (Å²) in [7, 11) is 0. The van der Waals surface area contributed by atoms with E-state index >= 15 is 0 Å². The molecule has 0 aliphatic carbocycles. The van der Waals surface area contributed by atoms with Crippen molar-refractivity contribution in [2.24, 2.45) is 0 Å². The van der Waals surface area contributed by atoms with Gasteiger partial charge in [-0.2, -0.15) is 0 Å². The molecule has 3 unspecified atom stereocenters. The molecular weight excluding hydrogens is 719 g/mol. The van der Waals surface area contributed by atoms with Gasteiger partial charge >= 0.3 is 5.97 Å². The molecule has 0 aliphatic rings. The summed E-state index contributed by atoms with van der Waals surface area (Å²) in [5.41, 5.74) is 0. The maximum absolute atomic E-state index is 13.2. The van der Waals surface area contributed by atoms with Gasteiger partial charge in [0, 0.05) is 6.42 Å². The smallest absolute Gasteiger partial charge is 0.306 e. The molecule has 58 heavy (non-hydrogen) atoms. The molecule has 0 spiro atoms. The van der Waals surface area contributed by atoms with Crippen molar-refractivity contribution in [3.63, 3.8) is 0 Å². The summed E-state index contributed by atoms with van der Waals surface area (Å²) in [6.45, 7) is 6.36. The van der Waals surface area contributed by atoms with Crippen molar-refractivity contribution in [1.29, 1.82) is 0 Å². The molecule has 0 bridgehead atoms. The van der Waals surface area contributed by atoms with E-state index in [2.05, 4.69) is 62.5 Å². The lowest BCUT2D eigenvalue weighted by Crippen LogP contribution is -2.46. The molecule has 0 aliphatic heterocycles. The van der Waals surface area contributed by atoms with Gasteiger partial charge in [0.05, 0.1) is 25.2 Å². The predicted molar refractivity (Wildman–Crippen MR) is 250 cm³/mol. The second kappa shape index (κ2) is 46.2. The van der Waals surface area contributed by atoms with Gasteiger partial charge in [0.15, 0.2) is 0 Å². The average Bonchev–Trinajstić information content (AvgIpc) is 3.22. The Morgan fingerprint density at radius 2 is 0.931 bits per heavy atom. The van der Waals surface area contributed by atoms with Crippen LogP contribution in [-0.4, -0.2) is 46.9 Å².